The molecule has 0 saturated heterocycles. The number of nitrogens with zero attached hydrogens (tertiary/aromatic N) is 3. The van der Waals surface area contributed by atoms with Crippen molar-refractivity contribution in [2.75, 3.05) is 6.54 Å². The van der Waals surface area contributed by atoms with Crippen molar-refractivity contribution >= 4 is 11.6 Å². The Morgan fingerprint density at radius 1 is 1.24 bits per heavy atom. The summed E-state index contributed by atoms with van der Waals surface area (Å²) in [6.07, 6.45) is 0.774. The molecule has 0 fully saturated rings. The number of benzene rings is 2. The Kier molecular flexibility index (Phi) is 5.85. The Labute approximate surface area is 146 Å². The van der Waals surface area contributed by atoms with Gasteiger partial charge in [0.1, 0.15) is 0 Å². The zero-order valence-corrected chi connectivity index (χ0v) is 14.2. The van der Waals surface area contributed by atoms with E-state index in [1.54, 1.807) is 36.1 Å². The van der Waals surface area contributed by atoms with Crippen LogP contribution in [0.5, 0.6) is 0 Å². The van der Waals surface area contributed by atoms with Gasteiger partial charge in [-0.15, -0.1) is 0 Å². The molecule has 128 valence electrons. The lowest BCUT2D eigenvalue weighted by Gasteiger charge is -2.22. The molecular formula is C19H19N3O3. The van der Waals surface area contributed by atoms with E-state index in [0.29, 0.717) is 29.8 Å². The minimum Gasteiger partial charge on any atom is -0.334 e. The Bertz CT molecular complexity index is 823. The van der Waals surface area contributed by atoms with E-state index in [0.717, 1.165) is 12.0 Å². The van der Waals surface area contributed by atoms with Crippen LogP contribution in [0.2, 0.25) is 0 Å². The molecule has 0 aromatic heterocycles. The number of hydrogen-bond acceptors (Lipinski definition) is 4. The molecule has 0 heterocycles. The average molecular weight is 337 g/mol. The minimum absolute atomic E-state index is 0.0549. The van der Waals surface area contributed by atoms with Crippen LogP contribution in [0.3, 0.4) is 0 Å². The van der Waals surface area contributed by atoms with E-state index in [1.165, 1.54) is 6.07 Å². The molecule has 2 aromatic rings. The number of nitro benzene ring substituents is 1. The molecule has 0 saturated carbocycles. The first-order chi connectivity index (χ1) is 12.0. The van der Waals surface area contributed by atoms with Gasteiger partial charge in [-0.25, -0.2) is 0 Å². The lowest BCUT2D eigenvalue weighted by atomic mass is 10.1. The number of rotatable bonds is 6. The fourth-order valence-electron chi connectivity index (χ4n) is 2.55. The highest BCUT2D eigenvalue weighted by Crippen LogP contribution is 2.21. The Balaban J connectivity index is 2.26. The molecule has 0 spiro atoms. The fourth-order valence-corrected chi connectivity index (χ4v) is 2.55. The molecule has 0 radical (unpaired) electrons. The molecule has 0 bridgehead atoms. The van der Waals surface area contributed by atoms with Gasteiger partial charge in [0.05, 0.1) is 16.6 Å². The van der Waals surface area contributed by atoms with Crippen LogP contribution in [0.15, 0.2) is 42.5 Å². The first-order valence-corrected chi connectivity index (χ1v) is 7.99. The summed E-state index contributed by atoms with van der Waals surface area (Å²) in [6, 6.07) is 13.6. The lowest BCUT2D eigenvalue weighted by molar-refractivity contribution is -0.385. The third-order valence-electron chi connectivity index (χ3n) is 3.89. The largest absolute Gasteiger partial charge is 0.334 e. The second-order valence-electron chi connectivity index (χ2n) is 5.79. The average Bonchev–Trinajstić information content (AvgIpc) is 2.61. The summed E-state index contributed by atoms with van der Waals surface area (Å²) in [5.74, 6) is -0.241. The SMILES string of the molecule is CCCN(Cc1ccc(C#N)cc1)C(=O)c1ccc(C)c([N+](=O)[O-])c1. The van der Waals surface area contributed by atoms with E-state index in [9.17, 15) is 14.9 Å². The second-order valence-corrected chi connectivity index (χ2v) is 5.79. The third kappa shape index (κ3) is 4.42. The van der Waals surface area contributed by atoms with Crippen molar-refractivity contribution in [1.29, 1.82) is 5.26 Å². The van der Waals surface area contributed by atoms with Crippen molar-refractivity contribution in [1.82, 2.24) is 4.90 Å². The molecule has 6 heteroatoms. The number of nitriles is 1. The number of carbonyl (C=O) groups is 1. The fraction of sp³-hybridized carbons (Fsp3) is 0.263. The number of carbonyl (C=O) groups excluding carboxylic acids is 1. The van der Waals surface area contributed by atoms with E-state index < -0.39 is 4.92 Å². The standard InChI is InChI=1S/C19H19N3O3/c1-3-10-21(13-16-7-5-15(12-20)6-8-16)19(23)17-9-4-14(2)18(11-17)22(24)25/h4-9,11H,3,10,13H2,1-2H3. The predicted molar refractivity (Wildman–Crippen MR) is 94.0 cm³/mol. The monoisotopic (exact) mass is 337 g/mol. The summed E-state index contributed by atoms with van der Waals surface area (Å²) in [4.78, 5) is 25.1. The lowest BCUT2D eigenvalue weighted by Crippen LogP contribution is -2.31. The first kappa shape index (κ1) is 18.1. The molecule has 2 rings (SSSR count). The summed E-state index contributed by atoms with van der Waals surface area (Å²) in [5, 5.41) is 20.0. The Hall–Kier alpha value is -3.20. The van der Waals surface area contributed by atoms with Crippen molar-refractivity contribution in [3.05, 3.63) is 74.8 Å². The topological polar surface area (TPSA) is 87.2 Å². The molecule has 1 amide bonds. The van der Waals surface area contributed by atoms with E-state index in [4.69, 9.17) is 5.26 Å². The molecule has 25 heavy (non-hydrogen) atoms. The van der Waals surface area contributed by atoms with Gasteiger partial charge in [-0.3, -0.25) is 14.9 Å². The van der Waals surface area contributed by atoms with E-state index in [-0.39, 0.29) is 11.6 Å². The molecule has 0 atom stereocenters. The van der Waals surface area contributed by atoms with Gasteiger partial charge in [0.25, 0.3) is 11.6 Å². The van der Waals surface area contributed by atoms with Crippen LogP contribution in [-0.4, -0.2) is 22.3 Å². The highest BCUT2D eigenvalue weighted by molar-refractivity contribution is 5.95. The van der Waals surface area contributed by atoms with Crippen molar-refractivity contribution in [2.24, 2.45) is 0 Å². The van der Waals surface area contributed by atoms with Gasteiger partial charge in [0, 0.05) is 30.3 Å². The second kappa shape index (κ2) is 8.06. The molecule has 0 aliphatic carbocycles. The number of hydrogen-bond donors (Lipinski definition) is 0. The highest BCUT2D eigenvalue weighted by Gasteiger charge is 2.19. The summed E-state index contributed by atoms with van der Waals surface area (Å²) < 4.78 is 0. The summed E-state index contributed by atoms with van der Waals surface area (Å²) in [6.45, 7) is 4.55. The molecular weight excluding hydrogens is 318 g/mol. The molecule has 0 aliphatic heterocycles. The number of nitro groups is 1. The van der Waals surface area contributed by atoms with E-state index >= 15 is 0 Å². The Morgan fingerprint density at radius 2 is 1.92 bits per heavy atom. The van der Waals surface area contributed by atoms with Gasteiger partial charge in [0.2, 0.25) is 0 Å². The van der Waals surface area contributed by atoms with E-state index in [1.807, 2.05) is 19.1 Å². The van der Waals surface area contributed by atoms with Crippen molar-refractivity contribution in [2.45, 2.75) is 26.8 Å². The van der Waals surface area contributed by atoms with Gasteiger partial charge in [-0.05, 0) is 37.1 Å². The van der Waals surface area contributed by atoms with Crippen LogP contribution in [0, 0.1) is 28.4 Å². The van der Waals surface area contributed by atoms with Crippen molar-refractivity contribution in [3.63, 3.8) is 0 Å². The molecule has 0 aliphatic rings. The van der Waals surface area contributed by atoms with Crippen LogP contribution < -0.4 is 0 Å². The smallest absolute Gasteiger partial charge is 0.273 e. The summed E-state index contributed by atoms with van der Waals surface area (Å²) in [5.41, 5.74) is 2.24. The van der Waals surface area contributed by atoms with Gasteiger partial charge < -0.3 is 4.90 Å². The van der Waals surface area contributed by atoms with Gasteiger partial charge >= 0.3 is 0 Å². The van der Waals surface area contributed by atoms with Gasteiger partial charge in [0.15, 0.2) is 0 Å². The van der Waals surface area contributed by atoms with Gasteiger partial charge in [-0.1, -0.05) is 25.1 Å². The maximum absolute atomic E-state index is 12.8. The normalized spacial score (nSPS) is 10.1. The Morgan fingerprint density at radius 3 is 2.48 bits per heavy atom. The predicted octanol–water partition coefficient (Wildman–Crippen LogP) is 3.83. The van der Waals surface area contributed by atoms with Crippen molar-refractivity contribution < 1.29 is 9.72 Å². The number of amides is 1. The zero-order valence-electron chi connectivity index (χ0n) is 14.2. The van der Waals surface area contributed by atoms with Crippen LogP contribution in [0.1, 0.15) is 40.4 Å². The first-order valence-electron chi connectivity index (χ1n) is 7.99. The van der Waals surface area contributed by atoms with E-state index in [2.05, 4.69) is 6.07 Å². The summed E-state index contributed by atoms with van der Waals surface area (Å²) in [7, 11) is 0. The van der Waals surface area contributed by atoms with Gasteiger partial charge in [-0.2, -0.15) is 5.26 Å². The van der Waals surface area contributed by atoms with Crippen LogP contribution in [0.4, 0.5) is 5.69 Å². The maximum Gasteiger partial charge on any atom is 0.273 e. The minimum atomic E-state index is -0.475. The molecule has 0 unspecified atom stereocenters. The third-order valence-corrected chi connectivity index (χ3v) is 3.89. The molecule has 2 aromatic carbocycles. The number of aryl methyl sites for hydroxylation is 1. The van der Waals surface area contributed by atoms with Crippen LogP contribution >= 0.6 is 0 Å². The molecule has 6 nitrogen and oxygen atoms in total. The zero-order chi connectivity index (χ0) is 18.4. The van der Waals surface area contributed by atoms with Crippen LogP contribution in [-0.2, 0) is 6.54 Å². The highest BCUT2D eigenvalue weighted by atomic mass is 16.6. The summed E-state index contributed by atoms with van der Waals surface area (Å²) >= 11 is 0. The molecule has 0 N–H and O–H groups in total. The quantitative estimate of drug-likeness (QED) is 0.592. The van der Waals surface area contributed by atoms with Crippen LogP contribution in [0.25, 0.3) is 0 Å². The maximum atomic E-state index is 12.8. The van der Waals surface area contributed by atoms with Crippen molar-refractivity contribution in [3.8, 4) is 6.07 Å².